The molecule has 0 radical (unpaired) electrons. The van der Waals surface area contributed by atoms with Crippen molar-refractivity contribution in [2.45, 2.75) is 39.2 Å². The number of aromatic nitrogens is 1. The largest absolute Gasteiger partial charge is 0.316 e. The highest BCUT2D eigenvalue weighted by molar-refractivity contribution is 7.09. The van der Waals surface area contributed by atoms with Gasteiger partial charge in [-0.25, -0.2) is 4.98 Å². The van der Waals surface area contributed by atoms with Crippen LogP contribution in [0.3, 0.4) is 0 Å². The quantitative estimate of drug-likeness (QED) is 0.917. The SMILES string of the molecule is CC(C)c1nc(CN2CCC3(CCNC3)C2)cs1.Cl.Cl. The Bertz CT molecular complexity index is 416. The minimum Gasteiger partial charge on any atom is -0.316 e. The summed E-state index contributed by atoms with van der Waals surface area (Å²) in [5.41, 5.74) is 1.85. The van der Waals surface area contributed by atoms with Gasteiger partial charge < -0.3 is 5.32 Å². The third-order valence-electron chi connectivity index (χ3n) is 4.30. The van der Waals surface area contributed by atoms with Crippen LogP contribution in [0, 0.1) is 5.41 Å². The van der Waals surface area contributed by atoms with Gasteiger partial charge in [0.25, 0.3) is 0 Å². The summed E-state index contributed by atoms with van der Waals surface area (Å²) in [5, 5.41) is 7.04. The molecule has 2 aliphatic rings. The zero-order chi connectivity index (χ0) is 12.6. The van der Waals surface area contributed by atoms with E-state index < -0.39 is 0 Å². The Morgan fingerprint density at radius 3 is 2.80 bits per heavy atom. The molecule has 1 aromatic rings. The summed E-state index contributed by atoms with van der Waals surface area (Å²) < 4.78 is 0. The van der Waals surface area contributed by atoms with Crippen molar-refractivity contribution in [2.75, 3.05) is 26.2 Å². The van der Waals surface area contributed by atoms with Gasteiger partial charge in [0.1, 0.15) is 0 Å². The number of nitrogens with one attached hydrogen (secondary N) is 1. The van der Waals surface area contributed by atoms with Gasteiger partial charge in [0.05, 0.1) is 10.7 Å². The predicted octanol–water partition coefficient (Wildman–Crippen LogP) is 3.30. The van der Waals surface area contributed by atoms with E-state index in [1.807, 2.05) is 11.3 Å². The number of nitrogens with zero attached hydrogens (tertiary/aromatic N) is 2. The molecule has 0 saturated carbocycles. The zero-order valence-corrected chi connectivity index (χ0v) is 14.7. The molecule has 1 unspecified atom stereocenters. The van der Waals surface area contributed by atoms with Crippen molar-refractivity contribution in [3.05, 3.63) is 16.1 Å². The highest BCUT2D eigenvalue weighted by atomic mass is 35.5. The molecule has 0 bridgehead atoms. The van der Waals surface area contributed by atoms with Gasteiger partial charge in [0.15, 0.2) is 0 Å². The molecule has 1 spiro atoms. The second-order valence-corrected chi connectivity index (χ2v) is 7.11. The summed E-state index contributed by atoms with van der Waals surface area (Å²) in [5.74, 6) is 0.563. The second-order valence-electron chi connectivity index (χ2n) is 6.22. The van der Waals surface area contributed by atoms with Gasteiger partial charge in [-0.05, 0) is 31.3 Å². The molecule has 1 N–H and O–H groups in total. The van der Waals surface area contributed by atoms with Crippen molar-refractivity contribution in [3.8, 4) is 0 Å². The Labute approximate surface area is 138 Å². The van der Waals surface area contributed by atoms with Crippen LogP contribution < -0.4 is 5.32 Å². The van der Waals surface area contributed by atoms with E-state index in [2.05, 4.69) is 29.4 Å². The van der Waals surface area contributed by atoms with Gasteiger partial charge in [0, 0.05) is 30.9 Å². The average Bonchev–Trinajstić information content (AvgIpc) is 3.03. The van der Waals surface area contributed by atoms with Crippen LogP contribution in [0.4, 0.5) is 0 Å². The monoisotopic (exact) mass is 337 g/mol. The third kappa shape index (κ3) is 3.86. The van der Waals surface area contributed by atoms with Crippen molar-refractivity contribution < 1.29 is 0 Å². The molecule has 0 aliphatic carbocycles. The van der Waals surface area contributed by atoms with Gasteiger partial charge in [-0.15, -0.1) is 36.2 Å². The van der Waals surface area contributed by atoms with Gasteiger partial charge in [0.2, 0.25) is 0 Å². The van der Waals surface area contributed by atoms with E-state index in [1.54, 1.807) is 0 Å². The maximum atomic E-state index is 4.75. The lowest BCUT2D eigenvalue weighted by Crippen LogP contribution is -2.29. The van der Waals surface area contributed by atoms with Crippen LogP contribution in [-0.4, -0.2) is 36.1 Å². The zero-order valence-electron chi connectivity index (χ0n) is 12.2. The van der Waals surface area contributed by atoms with Crippen molar-refractivity contribution in [2.24, 2.45) is 5.41 Å². The number of halogens is 2. The first kappa shape index (κ1) is 18.2. The molecule has 0 amide bonds. The smallest absolute Gasteiger partial charge is 0.0954 e. The van der Waals surface area contributed by atoms with Gasteiger partial charge in [-0.2, -0.15) is 0 Å². The topological polar surface area (TPSA) is 28.2 Å². The second kappa shape index (κ2) is 7.41. The normalized spacial score (nSPS) is 25.9. The molecule has 2 aliphatic heterocycles. The number of hydrogen-bond acceptors (Lipinski definition) is 4. The molecule has 6 heteroatoms. The van der Waals surface area contributed by atoms with Crippen LogP contribution in [0.2, 0.25) is 0 Å². The van der Waals surface area contributed by atoms with Crippen molar-refractivity contribution in [1.29, 1.82) is 0 Å². The molecular formula is C14H25Cl2N3S. The molecule has 1 aromatic heterocycles. The molecule has 2 fully saturated rings. The molecular weight excluding hydrogens is 313 g/mol. The number of thiazole rings is 1. The Morgan fingerprint density at radius 1 is 1.40 bits per heavy atom. The molecule has 3 rings (SSSR count). The van der Waals surface area contributed by atoms with E-state index in [1.165, 1.54) is 49.7 Å². The summed E-state index contributed by atoms with van der Waals surface area (Å²) in [4.78, 5) is 7.34. The Balaban J connectivity index is 0.000001000. The van der Waals surface area contributed by atoms with Gasteiger partial charge in [-0.1, -0.05) is 13.8 Å². The van der Waals surface area contributed by atoms with Gasteiger partial charge >= 0.3 is 0 Å². The van der Waals surface area contributed by atoms with Crippen LogP contribution in [0.1, 0.15) is 43.3 Å². The van der Waals surface area contributed by atoms with Crippen molar-refractivity contribution in [3.63, 3.8) is 0 Å². The fourth-order valence-electron chi connectivity index (χ4n) is 3.20. The lowest BCUT2D eigenvalue weighted by atomic mass is 9.87. The predicted molar refractivity (Wildman–Crippen MR) is 90.5 cm³/mol. The van der Waals surface area contributed by atoms with E-state index >= 15 is 0 Å². The average molecular weight is 338 g/mol. The maximum absolute atomic E-state index is 4.75. The summed E-state index contributed by atoms with van der Waals surface area (Å²) >= 11 is 1.81. The van der Waals surface area contributed by atoms with Gasteiger partial charge in [-0.3, -0.25) is 4.90 Å². The van der Waals surface area contributed by atoms with E-state index in [9.17, 15) is 0 Å². The summed E-state index contributed by atoms with van der Waals surface area (Å²) in [6, 6.07) is 0. The van der Waals surface area contributed by atoms with Crippen LogP contribution in [-0.2, 0) is 6.54 Å². The Morgan fingerprint density at radius 2 is 2.20 bits per heavy atom. The molecule has 0 aromatic carbocycles. The fourth-order valence-corrected chi connectivity index (χ4v) is 4.02. The van der Waals surface area contributed by atoms with Crippen LogP contribution in [0.25, 0.3) is 0 Å². The van der Waals surface area contributed by atoms with Crippen LogP contribution in [0.15, 0.2) is 5.38 Å². The van der Waals surface area contributed by atoms with Crippen LogP contribution >= 0.6 is 36.2 Å². The number of hydrogen-bond donors (Lipinski definition) is 1. The van der Waals surface area contributed by atoms with Crippen molar-refractivity contribution >= 4 is 36.2 Å². The molecule has 3 nitrogen and oxygen atoms in total. The number of rotatable bonds is 3. The first-order valence-electron chi connectivity index (χ1n) is 7.04. The highest BCUT2D eigenvalue weighted by Gasteiger charge is 2.40. The lowest BCUT2D eigenvalue weighted by Gasteiger charge is -2.22. The standard InChI is InChI=1S/C14H23N3S.2ClH/c1-11(2)13-16-12(8-18-13)7-17-6-4-14(10-17)3-5-15-9-14;;/h8,11,15H,3-7,9-10H2,1-2H3;2*1H. The molecule has 116 valence electrons. The Hall–Kier alpha value is 0.130. The number of likely N-dealkylation sites (tertiary alicyclic amines) is 1. The summed E-state index contributed by atoms with van der Waals surface area (Å²) in [7, 11) is 0. The first-order chi connectivity index (χ1) is 8.67. The van der Waals surface area contributed by atoms with E-state index in [0.717, 1.165) is 6.54 Å². The van der Waals surface area contributed by atoms with E-state index in [0.29, 0.717) is 11.3 Å². The molecule has 1 atom stereocenters. The minimum absolute atomic E-state index is 0. The third-order valence-corrected chi connectivity index (χ3v) is 5.49. The molecule has 20 heavy (non-hydrogen) atoms. The molecule has 2 saturated heterocycles. The van der Waals surface area contributed by atoms with Crippen molar-refractivity contribution in [1.82, 2.24) is 15.2 Å². The minimum atomic E-state index is 0. The molecule has 3 heterocycles. The summed E-state index contributed by atoms with van der Waals surface area (Å²) in [6.07, 6.45) is 2.72. The summed E-state index contributed by atoms with van der Waals surface area (Å²) in [6.45, 7) is 10.4. The van der Waals surface area contributed by atoms with Crippen LogP contribution in [0.5, 0.6) is 0 Å². The lowest BCUT2D eigenvalue weighted by molar-refractivity contribution is 0.266. The van der Waals surface area contributed by atoms with E-state index in [-0.39, 0.29) is 24.8 Å². The maximum Gasteiger partial charge on any atom is 0.0954 e. The fraction of sp³-hybridized carbons (Fsp3) is 0.786. The highest BCUT2D eigenvalue weighted by Crippen LogP contribution is 2.36. The first-order valence-corrected chi connectivity index (χ1v) is 7.92. The Kier molecular flexibility index (Phi) is 6.74. The van der Waals surface area contributed by atoms with E-state index in [4.69, 9.17) is 4.98 Å².